The molecule has 160 valence electrons. The predicted molar refractivity (Wildman–Crippen MR) is 107 cm³/mol. The van der Waals surface area contributed by atoms with Gasteiger partial charge in [0, 0.05) is 31.2 Å². The summed E-state index contributed by atoms with van der Waals surface area (Å²) < 4.78 is 47.1. The van der Waals surface area contributed by atoms with Crippen molar-refractivity contribution >= 4 is 11.0 Å². The Morgan fingerprint density at radius 2 is 1.90 bits per heavy atom. The minimum absolute atomic E-state index is 0.130. The number of halogens is 3. The Morgan fingerprint density at radius 3 is 2.60 bits per heavy atom. The van der Waals surface area contributed by atoms with Crippen LogP contribution in [0.15, 0.2) is 48.7 Å². The van der Waals surface area contributed by atoms with Crippen LogP contribution in [-0.2, 0) is 19.3 Å². The van der Waals surface area contributed by atoms with Crippen molar-refractivity contribution in [3.8, 4) is 5.75 Å². The standard InChI is InChI=1S/C22H24F3N3O2/c1-30-18-6-2-4-16(12-18)14-27-10-7-21(29,8-11-27)15-28-19(22(23,24)25)13-17-5-3-9-26-20(17)28/h2-6,9,12-13,29H,7-8,10-11,14-15H2,1H3. The molecule has 3 aromatic rings. The highest BCUT2D eigenvalue weighted by Crippen LogP contribution is 2.36. The SMILES string of the molecule is COc1cccc(CN2CCC(O)(Cn3c(C(F)(F)F)cc4cccnc43)CC2)c1. The number of hydrogen-bond acceptors (Lipinski definition) is 4. The smallest absolute Gasteiger partial charge is 0.431 e. The van der Waals surface area contributed by atoms with E-state index in [4.69, 9.17) is 4.74 Å². The summed E-state index contributed by atoms with van der Waals surface area (Å²) in [4.78, 5) is 6.32. The molecule has 0 amide bonds. The Labute approximate surface area is 172 Å². The first-order valence-corrected chi connectivity index (χ1v) is 9.87. The summed E-state index contributed by atoms with van der Waals surface area (Å²) >= 11 is 0. The van der Waals surface area contributed by atoms with Crippen LogP contribution in [0.2, 0.25) is 0 Å². The lowest BCUT2D eigenvalue weighted by molar-refractivity contribution is -0.145. The molecule has 8 heteroatoms. The molecule has 1 N–H and O–H groups in total. The topological polar surface area (TPSA) is 50.5 Å². The second kappa shape index (κ2) is 7.92. The zero-order valence-electron chi connectivity index (χ0n) is 16.7. The van der Waals surface area contributed by atoms with Crippen molar-refractivity contribution < 1.29 is 23.0 Å². The summed E-state index contributed by atoms with van der Waals surface area (Å²) in [5, 5.41) is 11.5. The molecule has 1 aliphatic heterocycles. The third kappa shape index (κ3) is 4.29. The third-order valence-electron chi connectivity index (χ3n) is 5.73. The number of likely N-dealkylation sites (tertiary alicyclic amines) is 1. The number of methoxy groups -OCH3 is 1. The number of piperidine rings is 1. The largest absolute Gasteiger partial charge is 0.497 e. The maximum Gasteiger partial charge on any atom is 0.431 e. The molecule has 0 spiro atoms. The van der Waals surface area contributed by atoms with Crippen molar-refractivity contribution in [2.75, 3.05) is 20.2 Å². The molecule has 1 aromatic carbocycles. The number of pyridine rings is 1. The lowest BCUT2D eigenvalue weighted by atomic mass is 9.91. The highest BCUT2D eigenvalue weighted by Gasteiger charge is 2.39. The fourth-order valence-corrected chi connectivity index (χ4v) is 4.09. The summed E-state index contributed by atoms with van der Waals surface area (Å²) in [6.07, 6.45) is -2.26. The highest BCUT2D eigenvalue weighted by atomic mass is 19.4. The first-order valence-electron chi connectivity index (χ1n) is 9.87. The second-order valence-electron chi connectivity index (χ2n) is 7.88. The molecular formula is C22H24F3N3O2. The molecule has 2 aromatic heterocycles. The zero-order valence-corrected chi connectivity index (χ0v) is 16.7. The van der Waals surface area contributed by atoms with Gasteiger partial charge in [-0.3, -0.25) is 4.90 Å². The Bertz CT molecular complexity index is 1020. The number of ether oxygens (including phenoxy) is 1. The summed E-state index contributed by atoms with van der Waals surface area (Å²) in [5.74, 6) is 0.785. The van der Waals surface area contributed by atoms with E-state index < -0.39 is 17.5 Å². The lowest BCUT2D eigenvalue weighted by Crippen LogP contribution is -2.46. The van der Waals surface area contributed by atoms with E-state index in [0.29, 0.717) is 37.9 Å². The van der Waals surface area contributed by atoms with Gasteiger partial charge in [0.05, 0.1) is 19.3 Å². The molecule has 1 saturated heterocycles. The van der Waals surface area contributed by atoms with Gasteiger partial charge in [-0.1, -0.05) is 12.1 Å². The van der Waals surface area contributed by atoms with Crippen LogP contribution in [0.5, 0.6) is 5.75 Å². The van der Waals surface area contributed by atoms with Gasteiger partial charge in [0.15, 0.2) is 0 Å². The number of hydrogen-bond donors (Lipinski definition) is 1. The lowest BCUT2D eigenvalue weighted by Gasteiger charge is -2.39. The minimum Gasteiger partial charge on any atom is -0.497 e. The molecule has 1 aliphatic rings. The minimum atomic E-state index is -4.51. The Kier molecular flexibility index (Phi) is 5.46. The maximum absolute atomic E-state index is 13.6. The second-order valence-corrected chi connectivity index (χ2v) is 7.88. The van der Waals surface area contributed by atoms with Crippen molar-refractivity contribution in [2.24, 2.45) is 0 Å². The van der Waals surface area contributed by atoms with Gasteiger partial charge < -0.3 is 14.4 Å². The van der Waals surface area contributed by atoms with Crippen molar-refractivity contribution in [1.82, 2.24) is 14.5 Å². The molecule has 0 radical (unpaired) electrons. The summed E-state index contributed by atoms with van der Waals surface area (Å²) in [7, 11) is 1.62. The highest BCUT2D eigenvalue weighted by molar-refractivity contribution is 5.77. The number of benzene rings is 1. The molecule has 0 atom stereocenters. The van der Waals surface area contributed by atoms with Gasteiger partial charge in [0.1, 0.15) is 17.1 Å². The van der Waals surface area contributed by atoms with Crippen molar-refractivity contribution in [3.63, 3.8) is 0 Å². The van der Waals surface area contributed by atoms with E-state index >= 15 is 0 Å². The van der Waals surface area contributed by atoms with Crippen molar-refractivity contribution in [3.05, 3.63) is 59.9 Å². The Morgan fingerprint density at radius 1 is 1.13 bits per heavy atom. The van der Waals surface area contributed by atoms with E-state index in [9.17, 15) is 18.3 Å². The summed E-state index contributed by atoms with van der Waals surface area (Å²) in [6.45, 7) is 1.77. The monoisotopic (exact) mass is 419 g/mol. The molecular weight excluding hydrogens is 395 g/mol. The van der Waals surface area contributed by atoms with Crippen LogP contribution in [0.4, 0.5) is 13.2 Å². The molecule has 5 nitrogen and oxygen atoms in total. The normalized spacial score (nSPS) is 17.4. The predicted octanol–water partition coefficient (Wildman–Crippen LogP) is 4.09. The van der Waals surface area contributed by atoms with E-state index in [1.165, 1.54) is 6.20 Å². The number of aromatic nitrogens is 2. The fourth-order valence-electron chi connectivity index (χ4n) is 4.09. The zero-order chi connectivity index (χ0) is 21.4. The Balaban J connectivity index is 1.49. The van der Waals surface area contributed by atoms with Crippen LogP contribution in [0.25, 0.3) is 11.0 Å². The van der Waals surface area contributed by atoms with Crippen molar-refractivity contribution in [2.45, 2.75) is 37.7 Å². The fraction of sp³-hybridized carbons (Fsp3) is 0.409. The number of rotatable bonds is 5. The van der Waals surface area contributed by atoms with E-state index in [-0.39, 0.29) is 12.2 Å². The van der Waals surface area contributed by atoms with Gasteiger partial charge in [-0.25, -0.2) is 4.98 Å². The third-order valence-corrected chi connectivity index (χ3v) is 5.73. The maximum atomic E-state index is 13.6. The number of nitrogens with zero attached hydrogens (tertiary/aromatic N) is 3. The van der Waals surface area contributed by atoms with E-state index in [0.717, 1.165) is 21.9 Å². The van der Waals surface area contributed by atoms with Crippen LogP contribution in [0, 0.1) is 0 Å². The first kappa shape index (κ1) is 20.7. The average molecular weight is 419 g/mol. The molecule has 0 unspecified atom stereocenters. The van der Waals surface area contributed by atoms with E-state index in [1.54, 1.807) is 19.2 Å². The molecule has 30 heavy (non-hydrogen) atoms. The molecule has 0 saturated carbocycles. The molecule has 4 rings (SSSR count). The summed E-state index contributed by atoms with van der Waals surface area (Å²) in [5.41, 5.74) is -0.644. The van der Waals surface area contributed by atoms with Crippen LogP contribution < -0.4 is 4.74 Å². The van der Waals surface area contributed by atoms with Crippen LogP contribution in [-0.4, -0.2) is 45.4 Å². The van der Waals surface area contributed by atoms with E-state index in [2.05, 4.69) is 9.88 Å². The van der Waals surface area contributed by atoms with Gasteiger partial charge in [0.2, 0.25) is 0 Å². The van der Waals surface area contributed by atoms with Crippen LogP contribution in [0.3, 0.4) is 0 Å². The molecule has 0 bridgehead atoms. The number of alkyl halides is 3. The number of fused-ring (bicyclic) bond motifs is 1. The van der Waals surface area contributed by atoms with Crippen molar-refractivity contribution in [1.29, 1.82) is 0 Å². The average Bonchev–Trinajstić information content (AvgIpc) is 3.09. The van der Waals surface area contributed by atoms with Gasteiger partial charge in [0.25, 0.3) is 0 Å². The molecule has 1 fully saturated rings. The summed E-state index contributed by atoms with van der Waals surface area (Å²) in [6, 6.07) is 12.1. The molecule has 0 aliphatic carbocycles. The first-order chi connectivity index (χ1) is 14.3. The number of aliphatic hydroxyl groups is 1. The van der Waals surface area contributed by atoms with Gasteiger partial charge >= 0.3 is 6.18 Å². The van der Waals surface area contributed by atoms with Gasteiger partial charge in [-0.15, -0.1) is 0 Å². The van der Waals surface area contributed by atoms with Crippen LogP contribution in [0.1, 0.15) is 24.1 Å². The van der Waals surface area contributed by atoms with E-state index in [1.807, 2.05) is 24.3 Å². The quantitative estimate of drug-likeness (QED) is 0.677. The molecule has 3 heterocycles. The Hall–Kier alpha value is -2.58. The van der Waals surface area contributed by atoms with Crippen LogP contribution >= 0.6 is 0 Å². The van der Waals surface area contributed by atoms with Gasteiger partial charge in [-0.2, -0.15) is 13.2 Å². The van der Waals surface area contributed by atoms with Gasteiger partial charge in [-0.05, 0) is 48.7 Å².